The second-order valence-electron chi connectivity index (χ2n) is 4.39. The van der Waals surface area contributed by atoms with Crippen LogP contribution < -0.4 is 4.90 Å². The molecule has 0 N–H and O–H groups in total. The van der Waals surface area contributed by atoms with Crippen LogP contribution in [0.5, 0.6) is 0 Å². The van der Waals surface area contributed by atoms with Gasteiger partial charge in [-0.15, -0.1) is 0 Å². The standard InChI is InChI=1S/C15H11ClF2N2/c1-20(9-10-3-2-4-12(16)5-10)15-13(17)6-11(8-19)7-14(15)18/h2-7H,9H2,1H3. The van der Waals surface area contributed by atoms with Gasteiger partial charge in [-0.2, -0.15) is 5.26 Å². The van der Waals surface area contributed by atoms with Crippen molar-refractivity contribution in [1.82, 2.24) is 0 Å². The molecule has 0 fully saturated rings. The Hall–Kier alpha value is -2.12. The summed E-state index contributed by atoms with van der Waals surface area (Å²) in [7, 11) is 1.58. The minimum absolute atomic E-state index is 0.0418. The molecular weight excluding hydrogens is 282 g/mol. The zero-order valence-electron chi connectivity index (χ0n) is 10.7. The first-order chi connectivity index (χ1) is 9.51. The number of anilines is 1. The third kappa shape index (κ3) is 3.06. The maximum Gasteiger partial charge on any atom is 0.150 e. The van der Waals surface area contributed by atoms with E-state index in [4.69, 9.17) is 16.9 Å². The van der Waals surface area contributed by atoms with E-state index in [9.17, 15) is 8.78 Å². The van der Waals surface area contributed by atoms with Crippen molar-refractivity contribution < 1.29 is 8.78 Å². The highest BCUT2D eigenvalue weighted by molar-refractivity contribution is 6.30. The van der Waals surface area contributed by atoms with Crippen molar-refractivity contribution in [3.05, 3.63) is 64.2 Å². The van der Waals surface area contributed by atoms with Gasteiger partial charge in [0.15, 0.2) is 11.6 Å². The first-order valence-corrected chi connectivity index (χ1v) is 6.24. The van der Waals surface area contributed by atoms with E-state index in [1.807, 2.05) is 6.07 Å². The molecule has 0 bridgehead atoms. The normalized spacial score (nSPS) is 10.2. The van der Waals surface area contributed by atoms with Gasteiger partial charge in [-0.05, 0) is 29.8 Å². The van der Waals surface area contributed by atoms with Crippen LogP contribution in [-0.2, 0) is 6.54 Å². The summed E-state index contributed by atoms with van der Waals surface area (Å²) in [6.45, 7) is 0.306. The molecule has 0 atom stereocenters. The monoisotopic (exact) mass is 292 g/mol. The van der Waals surface area contributed by atoms with Gasteiger partial charge in [-0.1, -0.05) is 23.7 Å². The Bertz CT molecular complexity index is 657. The van der Waals surface area contributed by atoms with Gasteiger partial charge in [0.1, 0.15) is 5.69 Å². The SMILES string of the molecule is CN(Cc1cccc(Cl)c1)c1c(F)cc(C#N)cc1F. The van der Waals surface area contributed by atoms with Crippen LogP contribution >= 0.6 is 11.6 Å². The van der Waals surface area contributed by atoms with E-state index in [0.29, 0.717) is 11.6 Å². The number of rotatable bonds is 3. The van der Waals surface area contributed by atoms with Crippen LogP contribution in [0.2, 0.25) is 5.02 Å². The number of hydrogen-bond acceptors (Lipinski definition) is 2. The van der Waals surface area contributed by atoms with Crippen LogP contribution in [0.25, 0.3) is 0 Å². The van der Waals surface area contributed by atoms with E-state index < -0.39 is 11.6 Å². The number of hydrogen-bond donors (Lipinski definition) is 0. The predicted molar refractivity (Wildman–Crippen MR) is 74.6 cm³/mol. The zero-order chi connectivity index (χ0) is 14.7. The van der Waals surface area contributed by atoms with Crippen LogP contribution in [0, 0.1) is 23.0 Å². The van der Waals surface area contributed by atoms with Crippen molar-refractivity contribution in [2.75, 3.05) is 11.9 Å². The second kappa shape index (κ2) is 5.89. The molecule has 102 valence electrons. The maximum atomic E-state index is 13.9. The first-order valence-electron chi connectivity index (χ1n) is 5.86. The molecule has 2 aromatic rings. The van der Waals surface area contributed by atoms with E-state index in [0.717, 1.165) is 17.7 Å². The molecule has 0 aromatic heterocycles. The van der Waals surface area contributed by atoms with E-state index in [-0.39, 0.29) is 11.3 Å². The fourth-order valence-electron chi connectivity index (χ4n) is 1.98. The van der Waals surface area contributed by atoms with E-state index >= 15 is 0 Å². The summed E-state index contributed by atoms with van der Waals surface area (Å²) in [5.41, 5.74) is 0.632. The average molecular weight is 293 g/mol. The van der Waals surface area contributed by atoms with Crippen LogP contribution in [0.15, 0.2) is 36.4 Å². The van der Waals surface area contributed by atoms with E-state index in [1.54, 1.807) is 31.3 Å². The minimum atomic E-state index is -0.758. The van der Waals surface area contributed by atoms with E-state index in [1.165, 1.54) is 4.90 Å². The summed E-state index contributed by atoms with van der Waals surface area (Å²) in [6.07, 6.45) is 0. The van der Waals surface area contributed by atoms with Crippen molar-refractivity contribution in [3.63, 3.8) is 0 Å². The lowest BCUT2D eigenvalue weighted by Crippen LogP contribution is -2.19. The number of benzene rings is 2. The fraction of sp³-hybridized carbons (Fsp3) is 0.133. The molecule has 5 heteroatoms. The summed E-state index contributed by atoms with van der Waals surface area (Å²) in [4.78, 5) is 1.44. The van der Waals surface area contributed by atoms with Crippen LogP contribution in [0.3, 0.4) is 0 Å². The van der Waals surface area contributed by atoms with Crippen molar-refractivity contribution in [3.8, 4) is 6.07 Å². The summed E-state index contributed by atoms with van der Waals surface area (Å²) in [6, 6.07) is 10.8. The Morgan fingerprint density at radius 3 is 2.40 bits per heavy atom. The van der Waals surface area contributed by atoms with Crippen LogP contribution in [-0.4, -0.2) is 7.05 Å². The maximum absolute atomic E-state index is 13.9. The van der Waals surface area contributed by atoms with Gasteiger partial charge in [0.2, 0.25) is 0 Å². The third-order valence-electron chi connectivity index (χ3n) is 2.84. The molecule has 0 aliphatic heterocycles. The van der Waals surface area contributed by atoms with E-state index in [2.05, 4.69) is 0 Å². The second-order valence-corrected chi connectivity index (χ2v) is 4.82. The van der Waals surface area contributed by atoms with Gasteiger partial charge in [0, 0.05) is 18.6 Å². The average Bonchev–Trinajstić information content (AvgIpc) is 2.37. The van der Waals surface area contributed by atoms with Crippen molar-refractivity contribution in [2.45, 2.75) is 6.54 Å². The molecule has 0 radical (unpaired) electrons. The quantitative estimate of drug-likeness (QED) is 0.850. The third-order valence-corrected chi connectivity index (χ3v) is 3.07. The fourth-order valence-corrected chi connectivity index (χ4v) is 2.20. The van der Waals surface area contributed by atoms with Crippen molar-refractivity contribution in [2.24, 2.45) is 0 Å². The Balaban J connectivity index is 2.30. The largest absolute Gasteiger partial charge is 0.366 e. The molecule has 0 saturated carbocycles. The molecule has 0 amide bonds. The molecule has 2 rings (SSSR count). The zero-order valence-corrected chi connectivity index (χ0v) is 11.5. The molecule has 0 spiro atoms. The van der Waals surface area contributed by atoms with Gasteiger partial charge in [0.05, 0.1) is 11.6 Å². The van der Waals surface area contributed by atoms with Crippen LogP contribution in [0.1, 0.15) is 11.1 Å². The molecule has 2 aromatic carbocycles. The van der Waals surface area contributed by atoms with Crippen molar-refractivity contribution >= 4 is 17.3 Å². The highest BCUT2D eigenvalue weighted by atomic mass is 35.5. The lowest BCUT2D eigenvalue weighted by atomic mass is 10.1. The molecule has 0 aliphatic rings. The summed E-state index contributed by atoms with van der Waals surface area (Å²) < 4.78 is 27.7. The molecule has 0 aliphatic carbocycles. The lowest BCUT2D eigenvalue weighted by molar-refractivity contribution is 0.576. The van der Waals surface area contributed by atoms with Gasteiger partial charge < -0.3 is 4.90 Å². The van der Waals surface area contributed by atoms with Crippen molar-refractivity contribution in [1.29, 1.82) is 5.26 Å². The first kappa shape index (κ1) is 14.3. The Morgan fingerprint density at radius 1 is 1.20 bits per heavy atom. The molecular formula is C15H11ClF2N2. The Morgan fingerprint density at radius 2 is 1.85 bits per heavy atom. The molecule has 2 nitrogen and oxygen atoms in total. The number of nitrogens with zero attached hydrogens (tertiary/aromatic N) is 2. The number of nitriles is 1. The Kier molecular flexibility index (Phi) is 4.21. The smallest absolute Gasteiger partial charge is 0.150 e. The topological polar surface area (TPSA) is 27.0 Å². The summed E-state index contributed by atoms with van der Waals surface area (Å²) in [5.74, 6) is -1.52. The summed E-state index contributed by atoms with van der Waals surface area (Å²) in [5, 5.41) is 9.24. The molecule has 0 heterocycles. The van der Waals surface area contributed by atoms with Gasteiger partial charge in [0.25, 0.3) is 0 Å². The van der Waals surface area contributed by atoms with Gasteiger partial charge >= 0.3 is 0 Å². The van der Waals surface area contributed by atoms with Crippen LogP contribution in [0.4, 0.5) is 14.5 Å². The highest BCUT2D eigenvalue weighted by Gasteiger charge is 2.15. The van der Waals surface area contributed by atoms with Gasteiger partial charge in [-0.25, -0.2) is 8.78 Å². The molecule has 20 heavy (non-hydrogen) atoms. The predicted octanol–water partition coefficient (Wildman–Crippen LogP) is 4.13. The van der Waals surface area contributed by atoms with Gasteiger partial charge in [-0.3, -0.25) is 0 Å². The molecule has 0 saturated heterocycles. The minimum Gasteiger partial charge on any atom is -0.366 e. The highest BCUT2D eigenvalue weighted by Crippen LogP contribution is 2.25. The number of halogens is 3. The lowest BCUT2D eigenvalue weighted by Gasteiger charge is -2.21. The Labute approximate surface area is 120 Å². The summed E-state index contributed by atoms with van der Waals surface area (Å²) >= 11 is 5.87. The molecule has 0 unspecified atom stereocenters.